The third-order valence-corrected chi connectivity index (χ3v) is 3.73. The smallest absolute Gasteiger partial charge is 0.0846 e. The normalized spacial score (nSPS) is 12.4. The average molecular weight is 296 g/mol. The molecule has 0 saturated heterocycles. The molecule has 2 rings (SSSR count). The molecule has 0 spiro atoms. The van der Waals surface area contributed by atoms with Crippen molar-refractivity contribution >= 4 is 27.5 Å². The van der Waals surface area contributed by atoms with Gasteiger partial charge in [0.25, 0.3) is 0 Å². The minimum atomic E-state index is -0.101. The van der Waals surface area contributed by atoms with Crippen LogP contribution in [0.1, 0.15) is 22.1 Å². The maximum Gasteiger partial charge on any atom is 0.0846 e. The number of aryl methyl sites for hydroxylation is 1. The molecule has 2 heteroatoms. The van der Waals surface area contributed by atoms with E-state index < -0.39 is 0 Å². The largest absolute Gasteiger partial charge is 0.113 e. The predicted octanol–water partition coefficient (Wildman–Crippen LogP) is 5.09. The molecule has 2 aromatic carbocycles. The molecule has 1 unspecified atom stereocenters. The van der Waals surface area contributed by atoms with E-state index in [1.807, 2.05) is 36.4 Å². The number of rotatable bonds is 2. The van der Waals surface area contributed by atoms with E-state index in [0.29, 0.717) is 0 Å². The topological polar surface area (TPSA) is 0 Å². The van der Waals surface area contributed by atoms with Gasteiger partial charge in [-0.3, -0.25) is 0 Å². The second kappa shape index (κ2) is 5.03. The number of hydrogen-bond donors (Lipinski definition) is 0. The highest BCUT2D eigenvalue weighted by atomic mass is 79.9. The first kappa shape index (κ1) is 11.7. The molecule has 0 fully saturated rings. The van der Waals surface area contributed by atoms with Crippen molar-refractivity contribution in [3.8, 4) is 0 Å². The van der Waals surface area contributed by atoms with Crippen molar-refractivity contribution in [1.82, 2.24) is 0 Å². The fourth-order valence-corrected chi connectivity index (χ4v) is 2.59. The molecule has 16 heavy (non-hydrogen) atoms. The Balaban J connectivity index is 2.41. The Morgan fingerprint density at radius 2 is 1.75 bits per heavy atom. The van der Waals surface area contributed by atoms with Gasteiger partial charge in [0.1, 0.15) is 0 Å². The van der Waals surface area contributed by atoms with Crippen molar-refractivity contribution in [2.45, 2.75) is 12.3 Å². The second-order valence-electron chi connectivity index (χ2n) is 3.80. The maximum atomic E-state index is 6.48. The average Bonchev–Trinajstić information content (AvgIpc) is 2.32. The lowest BCUT2D eigenvalue weighted by molar-refractivity contribution is 1.12. The van der Waals surface area contributed by atoms with Crippen LogP contribution in [0.4, 0.5) is 0 Å². The van der Waals surface area contributed by atoms with E-state index in [2.05, 4.69) is 35.0 Å². The predicted molar refractivity (Wildman–Crippen MR) is 73.0 cm³/mol. The van der Waals surface area contributed by atoms with Gasteiger partial charge in [-0.1, -0.05) is 64.0 Å². The van der Waals surface area contributed by atoms with Crippen LogP contribution >= 0.6 is 27.5 Å². The molecule has 0 aliphatic heterocycles. The molecule has 0 N–H and O–H groups in total. The standard InChI is InChI=1S/C14H12BrCl/c1-10-7-8-13(15)12(9-10)14(16)11-5-3-2-4-6-11/h2-9,14H,1H3. The van der Waals surface area contributed by atoms with E-state index in [9.17, 15) is 0 Å². The van der Waals surface area contributed by atoms with Crippen molar-refractivity contribution in [2.24, 2.45) is 0 Å². The Hall–Kier alpha value is -0.790. The highest BCUT2D eigenvalue weighted by Crippen LogP contribution is 2.34. The summed E-state index contributed by atoms with van der Waals surface area (Å²) in [6.45, 7) is 2.07. The SMILES string of the molecule is Cc1ccc(Br)c(C(Cl)c2ccccc2)c1. The fraction of sp³-hybridized carbons (Fsp3) is 0.143. The Morgan fingerprint density at radius 1 is 1.06 bits per heavy atom. The lowest BCUT2D eigenvalue weighted by Gasteiger charge is -2.13. The van der Waals surface area contributed by atoms with Gasteiger partial charge in [0, 0.05) is 4.47 Å². The summed E-state index contributed by atoms with van der Waals surface area (Å²) in [5, 5.41) is -0.101. The van der Waals surface area contributed by atoms with Crippen LogP contribution < -0.4 is 0 Å². The van der Waals surface area contributed by atoms with Gasteiger partial charge in [0.15, 0.2) is 0 Å². The monoisotopic (exact) mass is 294 g/mol. The van der Waals surface area contributed by atoms with Gasteiger partial charge >= 0.3 is 0 Å². The molecule has 0 aromatic heterocycles. The van der Waals surface area contributed by atoms with Gasteiger partial charge in [0.05, 0.1) is 5.38 Å². The summed E-state index contributed by atoms with van der Waals surface area (Å²) >= 11 is 10.0. The molecule has 0 saturated carbocycles. The number of benzene rings is 2. The number of halogens is 2. The van der Waals surface area contributed by atoms with Crippen LogP contribution in [0.25, 0.3) is 0 Å². The fourth-order valence-electron chi connectivity index (χ4n) is 1.66. The zero-order valence-electron chi connectivity index (χ0n) is 8.95. The Kier molecular flexibility index (Phi) is 3.67. The van der Waals surface area contributed by atoms with E-state index in [0.717, 1.165) is 15.6 Å². The zero-order valence-corrected chi connectivity index (χ0v) is 11.3. The van der Waals surface area contributed by atoms with Crippen molar-refractivity contribution in [2.75, 3.05) is 0 Å². The van der Waals surface area contributed by atoms with Gasteiger partial charge < -0.3 is 0 Å². The van der Waals surface area contributed by atoms with Crippen molar-refractivity contribution in [3.63, 3.8) is 0 Å². The highest BCUT2D eigenvalue weighted by molar-refractivity contribution is 9.10. The molecule has 0 aliphatic carbocycles. The first-order valence-corrected chi connectivity index (χ1v) is 6.36. The first-order valence-electron chi connectivity index (χ1n) is 5.13. The van der Waals surface area contributed by atoms with Crippen LogP contribution in [0.2, 0.25) is 0 Å². The van der Waals surface area contributed by atoms with Crippen molar-refractivity contribution in [3.05, 3.63) is 69.7 Å². The summed E-state index contributed by atoms with van der Waals surface area (Å²) in [7, 11) is 0. The molecule has 82 valence electrons. The molecule has 0 heterocycles. The summed E-state index contributed by atoms with van der Waals surface area (Å²) in [5.74, 6) is 0. The van der Waals surface area contributed by atoms with Crippen LogP contribution in [0.3, 0.4) is 0 Å². The molecule has 1 atom stereocenters. The zero-order chi connectivity index (χ0) is 11.5. The summed E-state index contributed by atoms with van der Waals surface area (Å²) in [6, 6.07) is 16.3. The molecule has 2 aromatic rings. The molecule has 0 radical (unpaired) electrons. The minimum absolute atomic E-state index is 0.101. The van der Waals surface area contributed by atoms with E-state index in [1.54, 1.807) is 0 Å². The van der Waals surface area contributed by atoms with Crippen molar-refractivity contribution < 1.29 is 0 Å². The van der Waals surface area contributed by atoms with Crippen LogP contribution in [0.5, 0.6) is 0 Å². The second-order valence-corrected chi connectivity index (χ2v) is 5.09. The molecule has 0 nitrogen and oxygen atoms in total. The van der Waals surface area contributed by atoms with Crippen LogP contribution in [0, 0.1) is 6.92 Å². The maximum absolute atomic E-state index is 6.48. The lowest BCUT2D eigenvalue weighted by Crippen LogP contribution is -1.94. The van der Waals surface area contributed by atoms with Gasteiger partial charge in [-0.2, -0.15) is 0 Å². The number of hydrogen-bond acceptors (Lipinski definition) is 0. The quantitative estimate of drug-likeness (QED) is 0.677. The molecule has 0 bridgehead atoms. The van der Waals surface area contributed by atoms with Gasteiger partial charge in [-0.05, 0) is 24.1 Å². The first-order chi connectivity index (χ1) is 7.68. The molecular weight excluding hydrogens is 284 g/mol. The summed E-state index contributed by atoms with van der Waals surface area (Å²) < 4.78 is 1.06. The highest BCUT2D eigenvalue weighted by Gasteiger charge is 2.13. The summed E-state index contributed by atoms with van der Waals surface area (Å²) in [4.78, 5) is 0. The minimum Gasteiger partial charge on any atom is -0.113 e. The van der Waals surface area contributed by atoms with E-state index in [1.165, 1.54) is 5.56 Å². The van der Waals surface area contributed by atoms with Gasteiger partial charge in [-0.25, -0.2) is 0 Å². The third-order valence-electron chi connectivity index (χ3n) is 2.52. The van der Waals surface area contributed by atoms with Crippen LogP contribution in [0.15, 0.2) is 53.0 Å². The van der Waals surface area contributed by atoms with Crippen molar-refractivity contribution in [1.29, 1.82) is 0 Å². The Labute approximate surface area is 109 Å². The van der Waals surface area contributed by atoms with Crippen LogP contribution in [-0.2, 0) is 0 Å². The Bertz CT molecular complexity index is 479. The summed E-state index contributed by atoms with van der Waals surface area (Å²) in [6.07, 6.45) is 0. The lowest BCUT2D eigenvalue weighted by atomic mass is 10.0. The van der Waals surface area contributed by atoms with E-state index in [-0.39, 0.29) is 5.38 Å². The molecule has 0 aliphatic rings. The molecular formula is C14H12BrCl. The third kappa shape index (κ3) is 2.47. The van der Waals surface area contributed by atoms with Gasteiger partial charge in [-0.15, -0.1) is 11.6 Å². The summed E-state index contributed by atoms with van der Waals surface area (Å²) in [5.41, 5.74) is 3.46. The van der Waals surface area contributed by atoms with Gasteiger partial charge in [0.2, 0.25) is 0 Å². The van der Waals surface area contributed by atoms with E-state index in [4.69, 9.17) is 11.6 Å². The number of alkyl halides is 1. The van der Waals surface area contributed by atoms with Crippen LogP contribution in [-0.4, -0.2) is 0 Å². The molecule has 0 amide bonds. The van der Waals surface area contributed by atoms with E-state index >= 15 is 0 Å². The Morgan fingerprint density at radius 3 is 2.44 bits per heavy atom.